The molecule has 158 valence electrons. The standard InChI is InChI=1S/C20H25NO3S.C2H4O2/c1-4-21(5-2)12-13-24-20(23)15(3)16-8-10-17(11-9-16)19(22)18-7-6-14-25-18;1-2(3)4/h6-11,14-15H,4-5,12-13H2,1-3H3;1H3,(H,3,4). The first-order valence-corrected chi connectivity index (χ1v) is 10.4. The van der Waals surface area contributed by atoms with Crippen molar-refractivity contribution in [3.8, 4) is 0 Å². The maximum atomic E-state index is 12.3. The number of ether oxygens (including phenoxy) is 1. The van der Waals surface area contributed by atoms with E-state index in [1.807, 2.05) is 36.6 Å². The Hall–Kier alpha value is -2.51. The lowest BCUT2D eigenvalue weighted by Gasteiger charge is -2.18. The van der Waals surface area contributed by atoms with Gasteiger partial charge in [0.15, 0.2) is 0 Å². The van der Waals surface area contributed by atoms with Crippen LogP contribution in [-0.2, 0) is 14.3 Å². The molecule has 0 amide bonds. The molecule has 0 saturated heterocycles. The summed E-state index contributed by atoms with van der Waals surface area (Å²) in [5.74, 6) is -1.40. The van der Waals surface area contributed by atoms with E-state index in [4.69, 9.17) is 14.6 Å². The van der Waals surface area contributed by atoms with Gasteiger partial charge in [-0.3, -0.25) is 14.4 Å². The van der Waals surface area contributed by atoms with Crippen molar-refractivity contribution in [3.05, 3.63) is 57.8 Å². The second-order valence-electron chi connectivity index (χ2n) is 6.36. The van der Waals surface area contributed by atoms with Crippen LogP contribution in [0.3, 0.4) is 0 Å². The first-order valence-electron chi connectivity index (χ1n) is 9.56. The number of esters is 1. The highest BCUT2D eigenvalue weighted by Crippen LogP contribution is 2.20. The number of carboxylic acids is 1. The summed E-state index contributed by atoms with van der Waals surface area (Å²) >= 11 is 1.43. The van der Waals surface area contributed by atoms with Gasteiger partial charge in [0.2, 0.25) is 5.78 Å². The maximum absolute atomic E-state index is 12.3. The predicted octanol–water partition coefficient (Wildman–Crippen LogP) is 4.06. The van der Waals surface area contributed by atoms with E-state index in [2.05, 4.69) is 18.7 Å². The zero-order valence-electron chi connectivity index (χ0n) is 17.4. The molecule has 1 heterocycles. The normalized spacial score (nSPS) is 11.3. The molecule has 0 aliphatic rings. The molecule has 7 heteroatoms. The van der Waals surface area contributed by atoms with Crippen molar-refractivity contribution in [2.24, 2.45) is 0 Å². The topological polar surface area (TPSA) is 83.9 Å². The van der Waals surface area contributed by atoms with Gasteiger partial charge in [-0.15, -0.1) is 11.3 Å². The third kappa shape index (κ3) is 8.58. The summed E-state index contributed by atoms with van der Waals surface area (Å²) in [6, 6.07) is 10.9. The molecule has 0 spiro atoms. The quantitative estimate of drug-likeness (QED) is 0.487. The fourth-order valence-electron chi connectivity index (χ4n) is 2.55. The van der Waals surface area contributed by atoms with Crippen LogP contribution >= 0.6 is 11.3 Å². The molecule has 0 aliphatic heterocycles. The molecule has 0 saturated carbocycles. The SMILES string of the molecule is CC(=O)O.CCN(CC)CCOC(=O)C(C)c1ccc(C(=O)c2cccs2)cc1. The molecule has 6 nitrogen and oxygen atoms in total. The lowest BCUT2D eigenvalue weighted by Crippen LogP contribution is -2.28. The van der Waals surface area contributed by atoms with Gasteiger partial charge in [0, 0.05) is 19.0 Å². The molecule has 0 radical (unpaired) electrons. The van der Waals surface area contributed by atoms with Crippen molar-refractivity contribution in [1.82, 2.24) is 4.90 Å². The van der Waals surface area contributed by atoms with Crippen LogP contribution in [-0.4, -0.2) is 54.0 Å². The molecule has 2 aromatic rings. The second-order valence-corrected chi connectivity index (χ2v) is 7.31. The number of rotatable bonds is 9. The van der Waals surface area contributed by atoms with Gasteiger partial charge in [0.05, 0.1) is 10.8 Å². The van der Waals surface area contributed by atoms with Gasteiger partial charge in [0.1, 0.15) is 6.61 Å². The molecule has 0 aliphatic carbocycles. The number of hydrogen-bond acceptors (Lipinski definition) is 6. The zero-order valence-corrected chi connectivity index (χ0v) is 18.2. The second kappa shape index (κ2) is 12.9. The summed E-state index contributed by atoms with van der Waals surface area (Å²) in [4.78, 5) is 36.4. The van der Waals surface area contributed by atoms with Crippen LogP contribution in [0.1, 0.15) is 54.4 Å². The number of nitrogens with zero attached hydrogens (tertiary/aromatic N) is 1. The smallest absolute Gasteiger partial charge is 0.313 e. The van der Waals surface area contributed by atoms with Gasteiger partial charge in [0.25, 0.3) is 5.97 Å². The number of likely N-dealkylation sites (N-methyl/N-ethyl adjacent to an activating group) is 1. The Morgan fingerprint density at radius 2 is 1.69 bits per heavy atom. The Bertz CT molecular complexity index is 763. The molecule has 0 fully saturated rings. The Labute approximate surface area is 176 Å². The average molecular weight is 420 g/mol. The monoisotopic (exact) mass is 419 g/mol. The van der Waals surface area contributed by atoms with Crippen molar-refractivity contribution in [1.29, 1.82) is 0 Å². The molecule has 29 heavy (non-hydrogen) atoms. The highest BCUT2D eigenvalue weighted by atomic mass is 32.1. The van der Waals surface area contributed by atoms with Crippen molar-refractivity contribution in [2.75, 3.05) is 26.2 Å². The summed E-state index contributed by atoms with van der Waals surface area (Å²) in [7, 11) is 0. The average Bonchev–Trinajstić information content (AvgIpc) is 3.24. The van der Waals surface area contributed by atoms with Crippen LogP contribution < -0.4 is 0 Å². The number of hydrogen-bond donors (Lipinski definition) is 1. The number of aliphatic carboxylic acids is 1. The van der Waals surface area contributed by atoms with Crippen molar-refractivity contribution in [3.63, 3.8) is 0 Å². The number of carboxylic acid groups (broad SMARTS) is 1. The van der Waals surface area contributed by atoms with Crippen LogP contribution in [0.5, 0.6) is 0 Å². The molecule has 1 N–H and O–H groups in total. The van der Waals surface area contributed by atoms with Gasteiger partial charge in [-0.1, -0.05) is 44.2 Å². The zero-order chi connectivity index (χ0) is 21.8. The summed E-state index contributed by atoms with van der Waals surface area (Å²) in [5.41, 5.74) is 1.49. The van der Waals surface area contributed by atoms with Crippen LogP contribution in [0.2, 0.25) is 0 Å². The van der Waals surface area contributed by atoms with E-state index >= 15 is 0 Å². The van der Waals surface area contributed by atoms with E-state index in [1.165, 1.54) is 11.3 Å². The number of carbonyl (C=O) groups is 3. The Kier molecular flexibility index (Phi) is 10.9. The first-order chi connectivity index (χ1) is 13.8. The minimum Gasteiger partial charge on any atom is -0.481 e. The summed E-state index contributed by atoms with van der Waals surface area (Å²) in [6.45, 7) is 10.1. The predicted molar refractivity (Wildman–Crippen MR) is 115 cm³/mol. The van der Waals surface area contributed by atoms with Crippen LogP contribution in [0.25, 0.3) is 0 Å². The van der Waals surface area contributed by atoms with Gasteiger partial charge in [-0.05, 0) is 37.0 Å². The Morgan fingerprint density at radius 1 is 1.10 bits per heavy atom. The third-order valence-electron chi connectivity index (χ3n) is 4.32. The minimum atomic E-state index is -0.833. The van der Waals surface area contributed by atoms with Crippen molar-refractivity contribution < 1.29 is 24.2 Å². The van der Waals surface area contributed by atoms with E-state index in [0.29, 0.717) is 12.2 Å². The number of benzene rings is 1. The lowest BCUT2D eigenvalue weighted by molar-refractivity contribution is -0.145. The summed E-state index contributed by atoms with van der Waals surface area (Å²) < 4.78 is 5.38. The summed E-state index contributed by atoms with van der Waals surface area (Å²) in [6.07, 6.45) is 0. The van der Waals surface area contributed by atoms with E-state index in [1.54, 1.807) is 12.1 Å². The van der Waals surface area contributed by atoms with Gasteiger partial charge in [-0.2, -0.15) is 0 Å². The number of carbonyl (C=O) groups excluding carboxylic acids is 2. The van der Waals surface area contributed by atoms with Crippen LogP contribution in [0.4, 0.5) is 0 Å². The molecule has 1 aromatic carbocycles. The van der Waals surface area contributed by atoms with Crippen molar-refractivity contribution >= 4 is 29.1 Å². The molecular formula is C22H29NO5S. The fourth-order valence-corrected chi connectivity index (χ4v) is 3.24. The maximum Gasteiger partial charge on any atom is 0.313 e. The molecular weight excluding hydrogens is 390 g/mol. The minimum absolute atomic E-state index is 0.0102. The largest absolute Gasteiger partial charge is 0.481 e. The first kappa shape index (κ1) is 24.5. The molecule has 1 unspecified atom stereocenters. The molecule has 1 atom stereocenters. The molecule has 1 aromatic heterocycles. The van der Waals surface area contributed by atoms with E-state index < -0.39 is 5.97 Å². The fraction of sp³-hybridized carbons (Fsp3) is 0.409. The Balaban J connectivity index is 0.000000960. The van der Waals surface area contributed by atoms with Gasteiger partial charge in [-0.25, -0.2) is 0 Å². The lowest BCUT2D eigenvalue weighted by atomic mass is 9.98. The van der Waals surface area contributed by atoms with Gasteiger partial charge < -0.3 is 14.7 Å². The van der Waals surface area contributed by atoms with Crippen molar-refractivity contribution in [2.45, 2.75) is 33.6 Å². The van der Waals surface area contributed by atoms with E-state index in [9.17, 15) is 9.59 Å². The van der Waals surface area contributed by atoms with Crippen LogP contribution in [0, 0.1) is 0 Å². The van der Waals surface area contributed by atoms with Crippen LogP contribution in [0.15, 0.2) is 41.8 Å². The van der Waals surface area contributed by atoms with Gasteiger partial charge >= 0.3 is 5.97 Å². The third-order valence-corrected chi connectivity index (χ3v) is 5.19. The van der Waals surface area contributed by atoms with E-state index in [-0.39, 0.29) is 17.7 Å². The highest BCUT2D eigenvalue weighted by molar-refractivity contribution is 7.12. The summed E-state index contributed by atoms with van der Waals surface area (Å²) in [5, 5.41) is 9.30. The molecule has 2 rings (SSSR count). The number of thiophene rings is 1. The molecule has 0 bridgehead atoms. The Morgan fingerprint density at radius 3 is 2.17 bits per heavy atom. The van der Waals surface area contributed by atoms with E-state index in [0.717, 1.165) is 37.0 Å². The highest BCUT2D eigenvalue weighted by Gasteiger charge is 2.18. The number of ketones is 1.